The number of rotatable bonds is 4. The smallest absolute Gasteiger partial charge is 0.329 e. The monoisotopic (exact) mass is 285 g/mol. The number of carboxylic acid groups (broad SMARTS) is 1. The highest BCUT2D eigenvalue weighted by Crippen LogP contribution is 2.30. The lowest BCUT2D eigenvalue weighted by molar-refractivity contribution is -0.147. The van der Waals surface area contributed by atoms with Gasteiger partial charge in [0.1, 0.15) is 5.54 Å². The van der Waals surface area contributed by atoms with Gasteiger partial charge in [0.25, 0.3) is 0 Å². The van der Waals surface area contributed by atoms with Crippen molar-refractivity contribution in [2.24, 2.45) is 5.92 Å². The molecule has 0 spiro atoms. The van der Waals surface area contributed by atoms with Crippen LogP contribution in [0.5, 0.6) is 0 Å². The minimum atomic E-state index is -1.15. The molecule has 2 atom stereocenters. The standard InChI is InChI=1S/C13H23N3O4/c1-9(10(17)14-3)8-15(4)12(20)16-7-5-6-13(16,2)11(18)19/h9H,5-8H2,1-4H3,(H,14,17)(H,18,19). The number of aliphatic carboxylic acids is 1. The van der Waals surface area contributed by atoms with Crippen LogP contribution in [0, 0.1) is 5.92 Å². The van der Waals surface area contributed by atoms with E-state index in [-0.39, 0.29) is 24.4 Å². The van der Waals surface area contributed by atoms with Crippen molar-refractivity contribution in [3.05, 3.63) is 0 Å². The summed E-state index contributed by atoms with van der Waals surface area (Å²) in [5.41, 5.74) is -1.15. The van der Waals surface area contributed by atoms with Crippen molar-refractivity contribution < 1.29 is 19.5 Å². The summed E-state index contributed by atoms with van der Waals surface area (Å²) in [7, 11) is 3.13. The Morgan fingerprint density at radius 2 is 2.05 bits per heavy atom. The quantitative estimate of drug-likeness (QED) is 0.780. The number of hydrogen-bond donors (Lipinski definition) is 2. The van der Waals surface area contributed by atoms with E-state index in [9.17, 15) is 19.5 Å². The van der Waals surface area contributed by atoms with Crippen LogP contribution in [0.1, 0.15) is 26.7 Å². The van der Waals surface area contributed by atoms with E-state index in [1.54, 1.807) is 27.9 Å². The Hall–Kier alpha value is -1.79. The highest BCUT2D eigenvalue weighted by atomic mass is 16.4. The summed E-state index contributed by atoms with van der Waals surface area (Å²) in [4.78, 5) is 38.0. The van der Waals surface area contributed by atoms with Gasteiger partial charge in [0, 0.05) is 27.2 Å². The fourth-order valence-corrected chi connectivity index (χ4v) is 2.52. The molecule has 0 aromatic carbocycles. The lowest BCUT2D eigenvalue weighted by Crippen LogP contribution is -2.55. The molecule has 1 heterocycles. The highest BCUT2D eigenvalue weighted by Gasteiger charge is 2.46. The molecule has 1 aliphatic heterocycles. The van der Waals surface area contributed by atoms with Crippen molar-refractivity contribution in [3.63, 3.8) is 0 Å². The molecular weight excluding hydrogens is 262 g/mol. The molecule has 0 saturated carbocycles. The van der Waals surface area contributed by atoms with Crippen molar-refractivity contribution in [1.82, 2.24) is 15.1 Å². The molecule has 2 N–H and O–H groups in total. The third kappa shape index (κ3) is 3.02. The fourth-order valence-electron chi connectivity index (χ4n) is 2.52. The van der Waals surface area contributed by atoms with Crippen LogP contribution in [0.15, 0.2) is 0 Å². The SMILES string of the molecule is CNC(=O)C(C)CN(C)C(=O)N1CCCC1(C)C(=O)O. The zero-order valence-electron chi connectivity index (χ0n) is 12.5. The third-order valence-electron chi connectivity index (χ3n) is 3.90. The number of amides is 3. The van der Waals surface area contributed by atoms with E-state index in [1.807, 2.05) is 0 Å². The van der Waals surface area contributed by atoms with Crippen LogP contribution in [0.25, 0.3) is 0 Å². The third-order valence-corrected chi connectivity index (χ3v) is 3.90. The van der Waals surface area contributed by atoms with Gasteiger partial charge in [0.2, 0.25) is 5.91 Å². The molecule has 7 heteroatoms. The lowest BCUT2D eigenvalue weighted by atomic mass is 9.99. The van der Waals surface area contributed by atoms with Crippen LogP contribution in [0.4, 0.5) is 4.79 Å². The topological polar surface area (TPSA) is 90.0 Å². The normalized spacial score (nSPS) is 23.3. The molecular formula is C13H23N3O4. The Bertz CT molecular complexity index is 412. The Kier molecular flexibility index (Phi) is 4.97. The second kappa shape index (κ2) is 6.11. The van der Waals surface area contributed by atoms with Crippen LogP contribution >= 0.6 is 0 Å². The van der Waals surface area contributed by atoms with Gasteiger partial charge in [-0.15, -0.1) is 0 Å². The van der Waals surface area contributed by atoms with E-state index < -0.39 is 11.5 Å². The van der Waals surface area contributed by atoms with E-state index in [2.05, 4.69) is 5.32 Å². The van der Waals surface area contributed by atoms with E-state index in [4.69, 9.17) is 0 Å². The second-order valence-electron chi connectivity index (χ2n) is 5.51. The summed E-state index contributed by atoms with van der Waals surface area (Å²) in [6.07, 6.45) is 1.13. The van der Waals surface area contributed by atoms with Gasteiger partial charge < -0.3 is 20.2 Å². The van der Waals surface area contributed by atoms with Gasteiger partial charge in [-0.25, -0.2) is 9.59 Å². The minimum Gasteiger partial charge on any atom is -0.480 e. The second-order valence-corrected chi connectivity index (χ2v) is 5.51. The molecule has 20 heavy (non-hydrogen) atoms. The number of nitrogens with zero attached hydrogens (tertiary/aromatic N) is 2. The van der Waals surface area contributed by atoms with Crippen molar-refractivity contribution in [2.75, 3.05) is 27.2 Å². The summed E-state index contributed by atoms with van der Waals surface area (Å²) >= 11 is 0. The largest absolute Gasteiger partial charge is 0.480 e. The average Bonchev–Trinajstić information content (AvgIpc) is 2.80. The van der Waals surface area contributed by atoms with E-state index in [0.29, 0.717) is 19.4 Å². The van der Waals surface area contributed by atoms with Crippen LogP contribution in [-0.2, 0) is 9.59 Å². The Morgan fingerprint density at radius 3 is 2.55 bits per heavy atom. The summed E-state index contributed by atoms with van der Waals surface area (Å²) in [5, 5.41) is 11.8. The van der Waals surface area contributed by atoms with Crippen molar-refractivity contribution >= 4 is 17.9 Å². The van der Waals surface area contributed by atoms with Crippen molar-refractivity contribution in [2.45, 2.75) is 32.2 Å². The molecule has 0 radical (unpaired) electrons. The first-order valence-corrected chi connectivity index (χ1v) is 6.71. The number of likely N-dealkylation sites (tertiary alicyclic amines) is 1. The minimum absolute atomic E-state index is 0.146. The summed E-state index contributed by atoms with van der Waals surface area (Å²) in [6, 6.07) is -0.344. The number of carbonyl (C=O) groups excluding carboxylic acids is 2. The van der Waals surface area contributed by atoms with E-state index in [0.717, 1.165) is 0 Å². The Labute approximate surface area is 118 Å². The Morgan fingerprint density at radius 1 is 1.45 bits per heavy atom. The van der Waals surface area contributed by atoms with Gasteiger partial charge >= 0.3 is 12.0 Å². The summed E-state index contributed by atoms with van der Waals surface area (Å²) in [6.45, 7) is 3.98. The molecule has 1 rings (SSSR count). The fraction of sp³-hybridized carbons (Fsp3) is 0.769. The van der Waals surface area contributed by atoms with Gasteiger partial charge in [-0.1, -0.05) is 6.92 Å². The highest BCUT2D eigenvalue weighted by molar-refractivity contribution is 5.87. The zero-order chi connectivity index (χ0) is 15.5. The molecule has 114 valence electrons. The van der Waals surface area contributed by atoms with Gasteiger partial charge in [-0.3, -0.25) is 4.79 Å². The van der Waals surface area contributed by atoms with E-state index >= 15 is 0 Å². The number of carbonyl (C=O) groups is 3. The lowest BCUT2D eigenvalue weighted by Gasteiger charge is -2.35. The predicted molar refractivity (Wildman–Crippen MR) is 73.2 cm³/mol. The number of carboxylic acids is 1. The maximum absolute atomic E-state index is 12.4. The molecule has 0 bridgehead atoms. The molecule has 1 saturated heterocycles. The first kappa shape index (κ1) is 16.3. The number of hydrogen-bond acceptors (Lipinski definition) is 3. The number of nitrogens with one attached hydrogen (secondary N) is 1. The van der Waals surface area contributed by atoms with Gasteiger partial charge in [-0.2, -0.15) is 0 Å². The maximum atomic E-state index is 12.4. The first-order chi connectivity index (χ1) is 9.24. The van der Waals surface area contributed by atoms with Crippen LogP contribution in [-0.4, -0.2) is 65.5 Å². The van der Waals surface area contributed by atoms with E-state index in [1.165, 1.54) is 9.80 Å². The van der Waals surface area contributed by atoms with Gasteiger partial charge in [0.05, 0.1) is 5.92 Å². The predicted octanol–water partition coefficient (Wildman–Crippen LogP) is 0.359. The van der Waals surface area contributed by atoms with Crippen LogP contribution in [0.2, 0.25) is 0 Å². The summed E-state index contributed by atoms with van der Waals surface area (Å²) < 4.78 is 0. The molecule has 0 aliphatic carbocycles. The zero-order valence-corrected chi connectivity index (χ0v) is 12.5. The van der Waals surface area contributed by atoms with Gasteiger partial charge in [0.15, 0.2) is 0 Å². The molecule has 0 aromatic heterocycles. The van der Waals surface area contributed by atoms with Crippen LogP contribution < -0.4 is 5.32 Å². The van der Waals surface area contributed by atoms with Crippen molar-refractivity contribution in [1.29, 1.82) is 0 Å². The molecule has 7 nitrogen and oxygen atoms in total. The average molecular weight is 285 g/mol. The summed E-state index contributed by atoms with van der Waals surface area (Å²) in [5.74, 6) is -1.48. The maximum Gasteiger partial charge on any atom is 0.329 e. The van der Waals surface area contributed by atoms with Gasteiger partial charge in [-0.05, 0) is 19.8 Å². The van der Waals surface area contributed by atoms with Crippen molar-refractivity contribution in [3.8, 4) is 0 Å². The molecule has 0 aromatic rings. The molecule has 1 aliphatic rings. The first-order valence-electron chi connectivity index (χ1n) is 6.71. The number of urea groups is 1. The molecule has 1 fully saturated rings. The van der Waals surface area contributed by atoms with Crippen LogP contribution in [0.3, 0.4) is 0 Å². The molecule has 3 amide bonds. The Balaban J connectivity index is 2.74. The molecule has 2 unspecified atom stereocenters.